The van der Waals surface area contributed by atoms with Crippen LogP contribution < -0.4 is 15.7 Å². The first-order chi connectivity index (χ1) is 7.71. The second-order valence-electron chi connectivity index (χ2n) is 2.77. The lowest BCUT2D eigenvalue weighted by atomic mass is 10.6. The van der Waals surface area contributed by atoms with Crippen molar-refractivity contribution in [2.24, 2.45) is 0 Å². The van der Waals surface area contributed by atoms with Crippen LogP contribution in [0.4, 0.5) is 17.8 Å². The van der Waals surface area contributed by atoms with Gasteiger partial charge in [0.2, 0.25) is 11.9 Å². The Balaban J connectivity index is 2.96. The summed E-state index contributed by atoms with van der Waals surface area (Å²) in [6.45, 7) is 0.351. The quantitative estimate of drug-likeness (QED) is 0.534. The van der Waals surface area contributed by atoms with Gasteiger partial charge in [0.1, 0.15) is 0 Å². The minimum absolute atomic E-state index is 0.351. The van der Waals surface area contributed by atoms with E-state index in [-0.39, 0.29) is 0 Å². The van der Waals surface area contributed by atoms with Crippen LogP contribution in [0.25, 0.3) is 0 Å². The van der Waals surface area contributed by atoms with Gasteiger partial charge in [-0.1, -0.05) is 5.92 Å². The summed E-state index contributed by atoms with van der Waals surface area (Å²) in [7, 11) is 4.94. The van der Waals surface area contributed by atoms with Crippen molar-refractivity contribution in [3.05, 3.63) is 0 Å². The van der Waals surface area contributed by atoms with Gasteiger partial charge in [0.15, 0.2) is 0 Å². The molecule has 16 heavy (non-hydrogen) atoms. The molecule has 0 unspecified atom stereocenters. The third-order valence-corrected chi connectivity index (χ3v) is 1.75. The average Bonchev–Trinajstić information content (AvgIpc) is 2.34. The third-order valence-electron chi connectivity index (χ3n) is 1.75. The van der Waals surface area contributed by atoms with Gasteiger partial charge in [-0.3, -0.25) is 4.84 Å². The molecule has 0 fully saturated rings. The van der Waals surface area contributed by atoms with E-state index in [1.807, 2.05) is 0 Å². The highest BCUT2D eigenvalue weighted by molar-refractivity contribution is 5.42. The Hall–Kier alpha value is -2.07. The number of hydrogen-bond donors (Lipinski definition) is 2. The van der Waals surface area contributed by atoms with Gasteiger partial charge in [0.05, 0.1) is 13.7 Å². The maximum Gasteiger partial charge on any atom is 0.256 e. The molecule has 0 saturated carbocycles. The maximum atomic E-state index is 5.14. The van der Waals surface area contributed by atoms with Crippen molar-refractivity contribution in [1.82, 2.24) is 15.0 Å². The van der Waals surface area contributed by atoms with E-state index < -0.39 is 0 Å². The molecule has 7 heteroatoms. The number of anilines is 3. The summed E-state index contributed by atoms with van der Waals surface area (Å²) < 4.78 is 0. The van der Waals surface area contributed by atoms with Gasteiger partial charge in [-0.05, 0) is 0 Å². The van der Waals surface area contributed by atoms with Crippen LogP contribution in [0.5, 0.6) is 0 Å². The molecular weight excluding hydrogens is 208 g/mol. The summed E-state index contributed by atoms with van der Waals surface area (Å²) >= 11 is 0. The number of rotatable bonds is 5. The number of nitrogens with zero attached hydrogens (tertiary/aromatic N) is 4. The van der Waals surface area contributed by atoms with E-state index in [0.29, 0.717) is 24.4 Å². The second-order valence-corrected chi connectivity index (χ2v) is 2.77. The molecule has 0 aromatic carbocycles. The predicted octanol–water partition coefficient (Wildman–Crippen LogP) is -0.0440. The van der Waals surface area contributed by atoms with Gasteiger partial charge in [0, 0.05) is 14.1 Å². The van der Waals surface area contributed by atoms with Crippen LogP contribution in [0.3, 0.4) is 0 Å². The van der Waals surface area contributed by atoms with Gasteiger partial charge in [-0.25, -0.2) is 5.06 Å². The molecule has 1 heterocycles. The van der Waals surface area contributed by atoms with E-state index in [4.69, 9.17) is 11.3 Å². The number of nitrogens with one attached hydrogen (secondary N) is 2. The minimum atomic E-state index is 0.351. The van der Waals surface area contributed by atoms with Crippen molar-refractivity contribution in [3.8, 4) is 12.3 Å². The molecule has 2 N–H and O–H groups in total. The first-order valence-electron chi connectivity index (χ1n) is 4.60. The lowest BCUT2D eigenvalue weighted by molar-refractivity contribution is 0.180. The zero-order valence-electron chi connectivity index (χ0n) is 9.48. The van der Waals surface area contributed by atoms with Crippen LogP contribution in [0, 0.1) is 12.3 Å². The lowest BCUT2D eigenvalue weighted by Gasteiger charge is -2.14. The monoisotopic (exact) mass is 222 g/mol. The van der Waals surface area contributed by atoms with E-state index in [9.17, 15) is 0 Å². The highest BCUT2D eigenvalue weighted by atomic mass is 16.7. The minimum Gasteiger partial charge on any atom is -0.357 e. The molecule has 0 spiro atoms. The number of hydrogen-bond acceptors (Lipinski definition) is 7. The van der Waals surface area contributed by atoms with Crippen molar-refractivity contribution in [3.63, 3.8) is 0 Å². The molecule has 1 rings (SSSR count). The predicted molar refractivity (Wildman–Crippen MR) is 62.1 cm³/mol. The zero-order valence-corrected chi connectivity index (χ0v) is 9.48. The molecule has 0 aliphatic carbocycles. The first-order valence-corrected chi connectivity index (χ1v) is 4.60. The molecule has 0 aliphatic rings. The van der Waals surface area contributed by atoms with Crippen molar-refractivity contribution in [2.45, 2.75) is 0 Å². The Morgan fingerprint density at radius 2 is 2.06 bits per heavy atom. The fourth-order valence-electron chi connectivity index (χ4n) is 0.908. The van der Waals surface area contributed by atoms with E-state index in [1.165, 1.54) is 12.2 Å². The average molecular weight is 222 g/mol. The van der Waals surface area contributed by atoms with Crippen LogP contribution >= 0.6 is 0 Å². The molecule has 0 atom stereocenters. The summed E-state index contributed by atoms with van der Waals surface area (Å²) in [6.07, 6.45) is 5.14. The molecular formula is C9H14N6O. The van der Waals surface area contributed by atoms with Gasteiger partial charge in [-0.2, -0.15) is 15.0 Å². The van der Waals surface area contributed by atoms with Crippen molar-refractivity contribution in [1.29, 1.82) is 0 Å². The summed E-state index contributed by atoms with van der Waals surface area (Å²) in [6, 6.07) is 0. The summed E-state index contributed by atoms with van der Waals surface area (Å²) in [5.74, 6) is 3.67. The lowest BCUT2D eigenvalue weighted by Crippen LogP contribution is -2.20. The fourth-order valence-corrected chi connectivity index (χ4v) is 0.908. The summed E-state index contributed by atoms with van der Waals surface area (Å²) in [4.78, 5) is 17.3. The number of terminal acetylenes is 1. The Bertz CT molecular complexity index is 388. The van der Waals surface area contributed by atoms with Gasteiger partial charge in [-0.15, -0.1) is 6.42 Å². The Morgan fingerprint density at radius 1 is 1.38 bits per heavy atom. The third kappa shape index (κ3) is 2.96. The van der Waals surface area contributed by atoms with Gasteiger partial charge < -0.3 is 10.6 Å². The largest absolute Gasteiger partial charge is 0.357 e. The molecule has 0 radical (unpaired) electrons. The molecule has 0 aliphatic heterocycles. The molecule has 0 bridgehead atoms. The highest BCUT2D eigenvalue weighted by Crippen LogP contribution is 2.11. The van der Waals surface area contributed by atoms with Crippen LogP contribution in [-0.2, 0) is 4.84 Å². The Morgan fingerprint density at radius 3 is 2.62 bits per heavy atom. The Kier molecular flexibility index (Phi) is 4.29. The summed E-state index contributed by atoms with van der Waals surface area (Å²) in [5, 5.41) is 7.12. The fraction of sp³-hybridized carbons (Fsp3) is 0.444. The SMILES string of the molecule is C#CCNc1nc(NC)nc(N(C)OC)n1. The molecule has 0 amide bonds. The van der Waals surface area contributed by atoms with Crippen LogP contribution in [0.15, 0.2) is 0 Å². The van der Waals surface area contributed by atoms with Crippen molar-refractivity contribution >= 4 is 17.8 Å². The van der Waals surface area contributed by atoms with Crippen LogP contribution in [0.1, 0.15) is 0 Å². The van der Waals surface area contributed by atoms with Crippen molar-refractivity contribution < 1.29 is 4.84 Å². The standard InChI is InChI=1S/C9H14N6O/c1-5-6-11-8-12-7(10-2)13-9(14-8)15(3)16-4/h1H,6H2,2-4H3,(H2,10,11,12,13,14). The second kappa shape index (κ2) is 5.72. The zero-order chi connectivity index (χ0) is 12.0. The molecule has 86 valence electrons. The Labute approximate surface area is 94.2 Å². The highest BCUT2D eigenvalue weighted by Gasteiger charge is 2.08. The van der Waals surface area contributed by atoms with E-state index >= 15 is 0 Å². The topological polar surface area (TPSA) is 75.2 Å². The molecule has 0 saturated heterocycles. The van der Waals surface area contributed by atoms with E-state index in [2.05, 4.69) is 31.5 Å². The van der Waals surface area contributed by atoms with E-state index in [0.717, 1.165) is 0 Å². The molecule has 1 aromatic heterocycles. The smallest absolute Gasteiger partial charge is 0.256 e. The number of aromatic nitrogens is 3. The van der Waals surface area contributed by atoms with Crippen molar-refractivity contribution in [2.75, 3.05) is 43.4 Å². The van der Waals surface area contributed by atoms with Gasteiger partial charge >= 0.3 is 0 Å². The number of hydroxylamine groups is 1. The molecule has 1 aromatic rings. The summed E-state index contributed by atoms with van der Waals surface area (Å²) in [5.41, 5.74) is 0. The van der Waals surface area contributed by atoms with Crippen LogP contribution in [0.2, 0.25) is 0 Å². The normalized spacial score (nSPS) is 9.38. The first kappa shape index (κ1) is 12.0. The molecule has 7 nitrogen and oxygen atoms in total. The van der Waals surface area contributed by atoms with Gasteiger partial charge in [0.25, 0.3) is 5.95 Å². The van der Waals surface area contributed by atoms with Crippen LogP contribution in [-0.4, -0.2) is 42.7 Å². The van der Waals surface area contributed by atoms with E-state index in [1.54, 1.807) is 14.1 Å². The maximum absolute atomic E-state index is 5.14.